The summed E-state index contributed by atoms with van der Waals surface area (Å²) in [6, 6.07) is 41.1. The summed E-state index contributed by atoms with van der Waals surface area (Å²) in [6.07, 6.45) is 14.8. The summed E-state index contributed by atoms with van der Waals surface area (Å²) in [7, 11) is 2.58. The molecule has 4 saturated carbocycles. The fourth-order valence-electron chi connectivity index (χ4n) is 10.4. The highest BCUT2D eigenvalue weighted by atomic mass is 16.7. The van der Waals surface area contributed by atoms with E-state index in [0.29, 0.717) is 11.5 Å². The third-order valence-corrected chi connectivity index (χ3v) is 13.0. The summed E-state index contributed by atoms with van der Waals surface area (Å²) >= 11 is 0. The van der Waals surface area contributed by atoms with Crippen LogP contribution in [0.1, 0.15) is 151 Å². The second kappa shape index (κ2) is 29.9. The molecular formula is C63H84O6. The van der Waals surface area contributed by atoms with Gasteiger partial charge in [-0.1, -0.05) is 187 Å². The van der Waals surface area contributed by atoms with Crippen molar-refractivity contribution in [3.8, 4) is 11.5 Å². The van der Waals surface area contributed by atoms with Crippen LogP contribution in [-0.2, 0) is 14.9 Å². The first-order valence-corrected chi connectivity index (χ1v) is 25.8. The minimum atomic E-state index is -0.713. The molecule has 69 heavy (non-hydrogen) atoms. The van der Waals surface area contributed by atoms with Gasteiger partial charge >= 0.3 is 12.3 Å². The Hall–Kier alpha value is -5.88. The van der Waals surface area contributed by atoms with Crippen LogP contribution in [0.4, 0.5) is 9.59 Å². The molecule has 0 saturated heterocycles. The largest absolute Gasteiger partial charge is 0.513 e. The molecule has 6 heteroatoms. The lowest BCUT2D eigenvalue weighted by molar-refractivity contribution is 0.0198. The lowest BCUT2D eigenvalue weighted by Gasteiger charge is -2.49. The maximum atomic E-state index is 11.5. The smallest absolute Gasteiger partial charge is 0.437 e. The van der Waals surface area contributed by atoms with Crippen molar-refractivity contribution in [3.63, 3.8) is 0 Å². The summed E-state index contributed by atoms with van der Waals surface area (Å²) in [4.78, 5) is 22.2. The molecule has 1 unspecified atom stereocenters. The number of allylic oxidation sites excluding steroid dienone is 4. The standard InChI is InChI=1S/C28H24O3.C10H16.C9H10O3.C8H10.4C2H6/c1-19-11-13-20(14-12-19)28(21-15-17-22(18-16-21)31-27(29)30-2)25-9-5-3-7-23(25)24-8-4-6-10-26(24)28;1-7-2-9-4-8(1)5-10(3-7)6-9;1-7-3-5-8(6-4-7)12-9(10)11-2;1-7-3-5-8(2)6-4-7;4*1-2/h3-5,7-9,11-18H,6,10H2,1-2H3;7-10H,1-6H2;3-6H,1-2H3;3-6H,1-2H3;4*1-2H3. The summed E-state index contributed by atoms with van der Waals surface area (Å²) in [5, 5.41) is 0. The van der Waals surface area contributed by atoms with E-state index >= 15 is 0 Å². The third-order valence-electron chi connectivity index (χ3n) is 13.0. The van der Waals surface area contributed by atoms with Gasteiger partial charge in [0.15, 0.2) is 0 Å². The first-order valence-electron chi connectivity index (χ1n) is 25.8. The summed E-state index contributed by atoms with van der Waals surface area (Å²) < 4.78 is 18.9. The molecule has 0 N–H and O–H groups in total. The van der Waals surface area contributed by atoms with Crippen LogP contribution in [-0.4, -0.2) is 26.5 Å². The first-order chi connectivity index (χ1) is 33.5. The molecular weight excluding hydrogens is 853 g/mol. The van der Waals surface area contributed by atoms with E-state index in [1.807, 2.05) is 86.6 Å². The molecule has 5 aromatic rings. The van der Waals surface area contributed by atoms with Gasteiger partial charge in [-0.15, -0.1) is 0 Å². The number of benzene rings is 5. The average molecular weight is 937 g/mol. The van der Waals surface area contributed by atoms with E-state index in [9.17, 15) is 9.59 Å². The van der Waals surface area contributed by atoms with E-state index in [1.54, 1.807) is 50.7 Å². The van der Waals surface area contributed by atoms with E-state index in [0.717, 1.165) is 18.4 Å². The van der Waals surface area contributed by atoms with E-state index in [-0.39, 0.29) is 5.41 Å². The second-order valence-electron chi connectivity index (χ2n) is 17.5. The van der Waals surface area contributed by atoms with Crippen molar-refractivity contribution in [2.45, 2.75) is 140 Å². The van der Waals surface area contributed by atoms with Crippen molar-refractivity contribution in [3.05, 3.63) is 184 Å². The average Bonchev–Trinajstić information content (AvgIpc) is 3.69. The summed E-state index contributed by atoms with van der Waals surface area (Å²) in [5.74, 6) is 5.67. The topological polar surface area (TPSA) is 71.1 Å². The number of hydrogen-bond donors (Lipinski definition) is 0. The van der Waals surface area contributed by atoms with E-state index < -0.39 is 12.3 Å². The highest BCUT2D eigenvalue weighted by molar-refractivity contribution is 5.90. The zero-order valence-corrected chi connectivity index (χ0v) is 44.6. The van der Waals surface area contributed by atoms with Gasteiger partial charge in [0.2, 0.25) is 0 Å². The highest BCUT2D eigenvalue weighted by Crippen LogP contribution is 2.57. The molecule has 1 atom stereocenters. The number of ether oxygens (including phenoxy) is 4. The zero-order chi connectivity index (χ0) is 50.9. The van der Waals surface area contributed by atoms with E-state index in [1.165, 1.54) is 88.0 Å². The Morgan fingerprint density at radius 1 is 0.464 bits per heavy atom. The zero-order valence-electron chi connectivity index (χ0n) is 44.6. The van der Waals surface area contributed by atoms with Gasteiger partial charge in [-0.05, 0) is 160 Å². The van der Waals surface area contributed by atoms with Crippen molar-refractivity contribution in [1.29, 1.82) is 0 Å². The van der Waals surface area contributed by atoms with Gasteiger partial charge in [0.05, 0.1) is 19.6 Å². The van der Waals surface area contributed by atoms with Gasteiger partial charge in [-0.2, -0.15) is 0 Å². The Morgan fingerprint density at radius 2 is 0.797 bits per heavy atom. The van der Waals surface area contributed by atoms with Crippen molar-refractivity contribution in [2.24, 2.45) is 23.7 Å². The number of methoxy groups -OCH3 is 2. The van der Waals surface area contributed by atoms with Gasteiger partial charge in [0.1, 0.15) is 11.5 Å². The number of aryl methyl sites for hydroxylation is 4. The second-order valence-corrected chi connectivity index (χ2v) is 17.5. The molecule has 0 amide bonds. The molecule has 6 aliphatic carbocycles. The predicted molar refractivity (Wildman–Crippen MR) is 289 cm³/mol. The lowest BCUT2D eigenvalue weighted by Crippen LogP contribution is -2.38. The van der Waals surface area contributed by atoms with E-state index in [2.05, 4.69) is 127 Å². The number of carbonyl (C=O) groups excluding carboxylic acids is 2. The Labute approximate surface area is 417 Å². The number of rotatable bonds is 4. The van der Waals surface area contributed by atoms with Crippen LogP contribution in [0.5, 0.6) is 11.5 Å². The fraction of sp³-hybridized carbons (Fsp3) is 0.429. The Balaban J connectivity index is 0.000000271. The molecule has 4 bridgehead atoms. The monoisotopic (exact) mass is 937 g/mol. The van der Waals surface area contributed by atoms with Gasteiger partial charge < -0.3 is 18.9 Å². The molecule has 4 fully saturated rings. The van der Waals surface area contributed by atoms with Crippen LogP contribution in [0.25, 0.3) is 5.57 Å². The Bertz CT molecular complexity index is 2240. The van der Waals surface area contributed by atoms with Crippen molar-refractivity contribution < 1.29 is 28.5 Å². The number of carbonyl (C=O) groups is 2. The Kier molecular flexibility index (Phi) is 24.9. The molecule has 372 valence electrons. The molecule has 11 rings (SSSR count). The third kappa shape index (κ3) is 15.6. The molecule has 0 aromatic heterocycles. The summed E-state index contributed by atoms with van der Waals surface area (Å²) in [6.45, 7) is 24.3. The molecule has 5 aromatic carbocycles. The summed E-state index contributed by atoms with van der Waals surface area (Å²) in [5.41, 5.74) is 12.4. The quantitative estimate of drug-likeness (QED) is 0.132. The van der Waals surface area contributed by atoms with Crippen molar-refractivity contribution in [2.75, 3.05) is 14.2 Å². The minimum absolute atomic E-state index is 0.367. The molecule has 0 heterocycles. The van der Waals surface area contributed by atoms with Crippen LogP contribution in [0.2, 0.25) is 0 Å². The predicted octanol–water partition coefficient (Wildman–Crippen LogP) is 18.0. The van der Waals surface area contributed by atoms with Crippen LogP contribution < -0.4 is 9.47 Å². The highest BCUT2D eigenvalue weighted by Gasteiger charge is 2.47. The molecule has 0 radical (unpaired) electrons. The van der Waals surface area contributed by atoms with Gasteiger partial charge in [-0.25, -0.2) is 9.59 Å². The maximum Gasteiger partial charge on any atom is 0.513 e. The molecule has 6 nitrogen and oxygen atoms in total. The fourth-order valence-corrected chi connectivity index (χ4v) is 10.4. The van der Waals surface area contributed by atoms with Crippen molar-refractivity contribution >= 4 is 17.9 Å². The maximum absolute atomic E-state index is 11.5. The minimum Gasteiger partial charge on any atom is -0.437 e. The lowest BCUT2D eigenvalue weighted by atomic mass is 9.56. The van der Waals surface area contributed by atoms with Crippen LogP contribution >= 0.6 is 0 Å². The van der Waals surface area contributed by atoms with Crippen LogP contribution in [0, 0.1) is 51.4 Å². The first kappa shape index (κ1) is 57.4. The molecule has 0 spiro atoms. The SMILES string of the molecule is C1C2CC3CC1CC(C2)C3.CC.CC.CC.CC.COC(=O)Oc1ccc(C)cc1.COC(=O)Oc1ccc(C2(c3ccc(C)cc3)C3=C(C=CCC3)c3ccccc32)cc1.Cc1ccc(C)cc1. The Morgan fingerprint density at radius 3 is 1.19 bits per heavy atom. The van der Waals surface area contributed by atoms with Gasteiger partial charge in [0, 0.05) is 0 Å². The normalized spacial score (nSPS) is 19.9. The number of fused-ring (bicyclic) bond motifs is 2. The molecule has 0 aliphatic heterocycles. The molecule has 6 aliphatic rings. The van der Waals surface area contributed by atoms with Crippen LogP contribution in [0.15, 0.2) is 139 Å². The van der Waals surface area contributed by atoms with E-state index in [4.69, 9.17) is 9.47 Å². The van der Waals surface area contributed by atoms with Gasteiger partial charge in [-0.3, -0.25) is 0 Å². The number of hydrogen-bond acceptors (Lipinski definition) is 6. The van der Waals surface area contributed by atoms with Gasteiger partial charge in [0.25, 0.3) is 0 Å². The van der Waals surface area contributed by atoms with Crippen LogP contribution in [0.3, 0.4) is 0 Å². The van der Waals surface area contributed by atoms with Crippen molar-refractivity contribution in [1.82, 2.24) is 0 Å².